The first-order valence-corrected chi connectivity index (χ1v) is 7.88. The molecule has 136 valence electrons. The Bertz CT molecular complexity index is 616. The number of carbonyl (C=O) groups is 3. The van der Waals surface area contributed by atoms with Crippen molar-refractivity contribution in [3.8, 4) is 0 Å². The number of carbonyl (C=O) groups excluding carboxylic acids is 3. The van der Waals surface area contributed by atoms with Gasteiger partial charge < -0.3 is 15.4 Å². The Hall–Kier alpha value is -2.70. The molecule has 0 aromatic heterocycles. The van der Waals surface area contributed by atoms with Gasteiger partial charge in [-0.05, 0) is 30.5 Å². The third kappa shape index (κ3) is 7.15. The topological polar surface area (TPSA) is 84.5 Å². The van der Waals surface area contributed by atoms with Gasteiger partial charge in [-0.25, -0.2) is 9.18 Å². The molecule has 1 aromatic rings. The number of halogens is 1. The molecule has 1 rings (SSSR count). The van der Waals surface area contributed by atoms with E-state index in [2.05, 4.69) is 21.9 Å². The normalized spacial score (nSPS) is 12.6. The second kappa shape index (κ2) is 10.2. The van der Waals surface area contributed by atoms with Crippen molar-refractivity contribution in [3.05, 3.63) is 48.3 Å². The summed E-state index contributed by atoms with van der Waals surface area (Å²) in [5, 5.41) is 5.13. The van der Waals surface area contributed by atoms with E-state index in [-0.39, 0.29) is 18.1 Å². The maximum Gasteiger partial charge on any atom is 0.328 e. The van der Waals surface area contributed by atoms with Crippen LogP contribution in [-0.2, 0) is 25.5 Å². The quantitative estimate of drug-likeness (QED) is 0.522. The maximum absolute atomic E-state index is 13.0. The van der Waals surface area contributed by atoms with Crippen molar-refractivity contribution in [2.45, 2.75) is 38.3 Å². The lowest BCUT2D eigenvalue weighted by Crippen LogP contribution is -2.52. The van der Waals surface area contributed by atoms with Crippen molar-refractivity contribution in [3.63, 3.8) is 0 Å². The third-order valence-corrected chi connectivity index (χ3v) is 3.51. The van der Waals surface area contributed by atoms with E-state index in [0.29, 0.717) is 18.4 Å². The molecule has 2 N–H and O–H groups in total. The summed E-state index contributed by atoms with van der Waals surface area (Å²) in [7, 11) is 1.24. The van der Waals surface area contributed by atoms with E-state index in [4.69, 9.17) is 0 Å². The zero-order valence-electron chi connectivity index (χ0n) is 14.4. The van der Waals surface area contributed by atoms with Crippen LogP contribution in [0, 0.1) is 5.82 Å². The number of allylic oxidation sites excluding steroid dienone is 1. The van der Waals surface area contributed by atoms with Gasteiger partial charge in [-0.15, -0.1) is 6.58 Å². The number of ether oxygens (including phenoxy) is 1. The predicted octanol–water partition coefficient (Wildman–Crippen LogP) is 1.50. The van der Waals surface area contributed by atoms with E-state index in [1.54, 1.807) is 6.08 Å². The molecule has 0 unspecified atom stereocenters. The summed E-state index contributed by atoms with van der Waals surface area (Å²) in [6, 6.07) is 3.90. The molecule has 7 heteroatoms. The molecule has 0 fully saturated rings. The van der Waals surface area contributed by atoms with E-state index in [1.807, 2.05) is 0 Å². The molecule has 0 spiro atoms. The van der Waals surface area contributed by atoms with Crippen molar-refractivity contribution in [1.29, 1.82) is 0 Å². The number of hydrogen-bond acceptors (Lipinski definition) is 4. The lowest BCUT2D eigenvalue weighted by Gasteiger charge is -2.21. The van der Waals surface area contributed by atoms with E-state index in [9.17, 15) is 18.8 Å². The van der Waals surface area contributed by atoms with Gasteiger partial charge in [-0.3, -0.25) is 9.59 Å². The molecule has 0 aliphatic carbocycles. The monoisotopic (exact) mass is 350 g/mol. The second-order valence-corrected chi connectivity index (χ2v) is 5.53. The number of esters is 1. The van der Waals surface area contributed by atoms with Gasteiger partial charge in [0.2, 0.25) is 11.8 Å². The average Bonchev–Trinajstić information content (AvgIpc) is 2.58. The first kappa shape index (κ1) is 20.3. The fourth-order valence-corrected chi connectivity index (χ4v) is 2.26. The standard InChI is InChI=1S/C18H23FN2O4/c1-4-5-6-15(18(24)25-3)21-17(23)16(20-12(2)22)11-13-7-9-14(19)10-8-13/h4,7-10,15-16H,1,5-6,11H2,2-3H3,(H,20,22)(H,21,23)/t15-,16-/m1/s1. The van der Waals surface area contributed by atoms with Gasteiger partial charge in [-0.1, -0.05) is 18.2 Å². The first-order valence-electron chi connectivity index (χ1n) is 7.88. The highest BCUT2D eigenvalue weighted by Crippen LogP contribution is 2.08. The molecule has 0 radical (unpaired) electrons. The fourth-order valence-electron chi connectivity index (χ4n) is 2.26. The molecule has 0 saturated heterocycles. The Morgan fingerprint density at radius 3 is 2.36 bits per heavy atom. The summed E-state index contributed by atoms with van der Waals surface area (Å²) in [6.07, 6.45) is 2.65. The van der Waals surface area contributed by atoms with Gasteiger partial charge in [0.05, 0.1) is 7.11 Å². The molecular weight excluding hydrogens is 327 g/mol. The number of benzene rings is 1. The minimum atomic E-state index is -0.890. The highest BCUT2D eigenvalue weighted by atomic mass is 19.1. The minimum Gasteiger partial charge on any atom is -0.467 e. The van der Waals surface area contributed by atoms with Crippen molar-refractivity contribution < 1.29 is 23.5 Å². The Balaban J connectivity index is 2.86. The molecule has 0 bridgehead atoms. The predicted molar refractivity (Wildman–Crippen MR) is 91.1 cm³/mol. The van der Waals surface area contributed by atoms with Crippen LogP contribution in [0.2, 0.25) is 0 Å². The molecule has 2 atom stereocenters. The van der Waals surface area contributed by atoms with Crippen LogP contribution in [0.15, 0.2) is 36.9 Å². The van der Waals surface area contributed by atoms with Crippen LogP contribution in [0.5, 0.6) is 0 Å². The van der Waals surface area contributed by atoms with E-state index in [0.717, 1.165) is 0 Å². The van der Waals surface area contributed by atoms with Crippen LogP contribution in [0.25, 0.3) is 0 Å². The van der Waals surface area contributed by atoms with Crippen LogP contribution in [-0.4, -0.2) is 37.0 Å². The summed E-state index contributed by atoms with van der Waals surface area (Å²) < 4.78 is 17.7. The second-order valence-electron chi connectivity index (χ2n) is 5.53. The molecule has 0 aliphatic rings. The molecule has 1 aromatic carbocycles. The van der Waals surface area contributed by atoms with Crippen LogP contribution in [0.1, 0.15) is 25.3 Å². The maximum atomic E-state index is 13.0. The number of nitrogens with one attached hydrogen (secondary N) is 2. The van der Waals surface area contributed by atoms with Crippen LogP contribution < -0.4 is 10.6 Å². The zero-order valence-corrected chi connectivity index (χ0v) is 14.4. The minimum absolute atomic E-state index is 0.168. The Morgan fingerprint density at radius 2 is 1.84 bits per heavy atom. The first-order chi connectivity index (χ1) is 11.9. The zero-order chi connectivity index (χ0) is 18.8. The summed E-state index contributed by atoms with van der Waals surface area (Å²) >= 11 is 0. The fraction of sp³-hybridized carbons (Fsp3) is 0.389. The summed E-state index contributed by atoms with van der Waals surface area (Å²) in [5.41, 5.74) is 0.677. The van der Waals surface area contributed by atoms with Crippen LogP contribution >= 0.6 is 0 Å². The Kier molecular flexibility index (Phi) is 8.32. The number of hydrogen-bond donors (Lipinski definition) is 2. The highest BCUT2D eigenvalue weighted by molar-refractivity contribution is 5.90. The molecule has 0 aliphatic heterocycles. The van der Waals surface area contributed by atoms with E-state index >= 15 is 0 Å². The van der Waals surface area contributed by atoms with Gasteiger partial charge >= 0.3 is 5.97 Å². The van der Waals surface area contributed by atoms with Gasteiger partial charge in [0, 0.05) is 13.3 Å². The number of rotatable bonds is 9. The smallest absolute Gasteiger partial charge is 0.328 e. The summed E-state index contributed by atoms with van der Waals surface area (Å²) in [5.74, 6) is -1.86. The van der Waals surface area contributed by atoms with Gasteiger partial charge in [0.1, 0.15) is 17.9 Å². The largest absolute Gasteiger partial charge is 0.467 e. The van der Waals surface area contributed by atoms with Gasteiger partial charge in [0.15, 0.2) is 0 Å². The molecule has 6 nitrogen and oxygen atoms in total. The summed E-state index contributed by atoms with van der Waals surface area (Å²) in [6.45, 7) is 4.87. The highest BCUT2D eigenvalue weighted by Gasteiger charge is 2.26. The Morgan fingerprint density at radius 1 is 1.20 bits per heavy atom. The van der Waals surface area contributed by atoms with Crippen molar-refractivity contribution >= 4 is 17.8 Å². The van der Waals surface area contributed by atoms with E-state index < -0.39 is 24.0 Å². The number of amides is 2. The van der Waals surface area contributed by atoms with Crippen molar-refractivity contribution in [2.24, 2.45) is 0 Å². The molecule has 0 saturated carbocycles. The Labute approximate surface area is 146 Å². The molecule has 2 amide bonds. The van der Waals surface area contributed by atoms with Crippen molar-refractivity contribution in [2.75, 3.05) is 7.11 Å². The SMILES string of the molecule is C=CCC[C@@H](NC(=O)[C@@H](Cc1ccc(F)cc1)NC(C)=O)C(=O)OC. The van der Waals surface area contributed by atoms with Gasteiger partial charge in [-0.2, -0.15) is 0 Å². The summed E-state index contributed by atoms with van der Waals surface area (Å²) in [4.78, 5) is 35.7. The van der Waals surface area contributed by atoms with Gasteiger partial charge in [0.25, 0.3) is 0 Å². The lowest BCUT2D eigenvalue weighted by atomic mass is 10.0. The molecule has 0 heterocycles. The van der Waals surface area contributed by atoms with E-state index in [1.165, 1.54) is 38.3 Å². The van der Waals surface area contributed by atoms with Crippen molar-refractivity contribution in [1.82, 2.24) is 10.6 Å². The lowest BCUT2D eigenvalue weighted by molar-refractivity contribution is -0.145. The number of methoxy groups -OCH3 is 1. The molecular formula is C18H23FN2O4. The third-order valence-electron chi connectivity index (χ3n) is 3.51. The van der Waals surface area contributed by atoms with Crippen LogP contribution in [0.4, 0.5) is 4.39 Å². The van der Waals surface area contributed by atoms with Crippen LogP contribution in [0.3, 0.4) is 0 Å². The molecule has 25 heavy (non-hydrogen) atoms. The average molecular weight is 350 g/mol.